The van der Waals surface area contributed by atoms with Crippen molar-refractivity contribution >= 4 is 11.7 Å². The quantitative estimate of drug-likeness (QED) is 0.656. The van der Waals surface area contributed by atoms with Crippen LogP contribution >= 0.6 is 0 Å². The molecule has 6 heteroatoms. The summed E-state index contributed by atoms with van der Waals surface area (Å²) in [5.41, 5.74) is 10.9. The highest BCUT2D eigenvalue weighted by atomic mass is 16.1. The number of hydrogen-bond donors (Lipinski definition) is 3. The molecule has 1 saturated carbocycles. The summed E-state index contributed by atoms with van der Waals surface area (Å²) in [7, 11) is 0. The van der Waals surface area contributed by atoms with E-state index in [9.17, 15) is 4.79 Å². The second kappa shape index (κ2) is 4.05. The predicted molar refractivity (Wildman–Crippen MR) is 59.8 cm³/mol. The largest absolute Gasteiger partial charge is 0.364 e. The first-order chi connectivity index (χ1) is 7.65. The lowest BCUT2D eigenvalue weighted by molar-refractivity contribution is 0.0994. The fourth-order valence-electron chi connectivity index (χ4n) is 1.79. The van der Waals surface area contributed by atoms with Gasteiger partial charge in [0.15, 0.2) is 5.69 Å². The van der Waals surface area contributed by atoms with E-state index < -0.39 is 5.91 Å². The number of rotatable bonds is 4. The van der Waals surface area contributed by atoms with Gasteiger partial charge in [-0.1, -0.05) is 0 Å². The van der Waals surface area contributed by atoms with Gasteiger partial charge in [0.25, 0.3) is 5.91 Å². The fourth-order valence-corrected chi connectivity index (χ4v) is 1.79. The van der Waals surface area contributed by atoms with Crippen molar-refractivity contribution in [3.63, 3.8) is 0 Å². The van der Waals surface area contributed by atoms with Crippen molar-refractivity contribution in [3.8, 4) is 0 Å². The number of hydrogen-bond acceptors (Lipinski definition) is 5. The number of anilines is 1. The normalized spacial score (nSPS) is 17.6. The Labute approximate surface area is 93.4 Å². The molecule has 1 heterocycles. The Morgan fingerprint density at radius 2 is 2.19 bits per heavy atom. The van der Waals surface area contributed by atoms with Crippen molar-refractivity contribution in [2.24, 2.45) is 11.5 Å². The molecule has 0 unspecified atom stereocenters. The van der Waals surface area contributed by atoms with Gasteiger partial charge in [-0.2, -0.15) is 0 Å². The summed E-state index contributed by atoms with van der Waals surface area (Å²) in [4.78, 5) is 10.8. The Kier molecular flexibility index (Phi) is 2.74. The molecule has 6 nitrogen and oxygen atoms in total. The Morgan fingerprint density at radius 1 is 1.44 bits per heavy atom. The number of carbonyl (C=O) groups is 1. The molecule has 1 aliphatic carbocycles. The van der Waals surface area contributed by atoms with Gasteiger partial charge in [-0.3, -0.25) is 4.79 Å². The number of nitrogens with two attached hydrogens (primary N) is 2. The molecule has 0 atom stereocenters. The summed E-state index contributed by atoms with van der Waals surface area (Å²) >= 11 is 0. The first-order valence-corrected chi connectivity index (χ1v) is 5.27. The average Bonchev–Trinajstić information content (AvgIpc) is 2.24. The van der Waals surface area contributed by atoms with E-state index in [0.717, 1.165) is 12.8 Å². The molecule has 1 fully saturated rings. The highest BCUT2D eigenvalue weighted by molar-refractivity contribution is 5.90. The van der Waals surface area contributed by atoms with Crippen LogP contribution in [0.2, 0.25) is 0 Å². The molecule has 1 aromatic rings. The van der Waals surface area contributed by atoms with Gasteiger partial charge in [0, 0.05) is 6.54 Å². The third-order valence-corrected chi connectivity index (χ3v) is 3.01. The molecule has 1 aromatic heterocycles. The molecule has 16 heavy (non-hydrogen) atoms. The van der Waals surface area contributed by atoms with Crippen molar-refractivity contribution in [2.45, 2.75) is 24.8 Å². The standard InChI is InChI=1S/C10H15N5O/c11-6-10(4-1-5-10)13-8-3-2-7(9(12)16)14-15-8/h2-3H,1,4-6,11H2,(H2,12,16)(H,13,15). The minimum Gasteiger partial charge on any atom is -0.364 e. The first kappa shape index (κ1) is 10.8. The topological polar surface area (TPSA) is 107 Å². The van der Waals surface area contributed by atoms with Gasteiger partial charge < -0.3 is 16.8 Å². The summed E-state index contributed by atoms with van der Waals surface area (Å²) in [6.07, 6.45) is 3.27. The van der Waals surface area contributed by atoms with Gasteiger partial charge in [0.1, 0.15) is 5.82 Å². The van der Waals surface area contributed by atoms with Crippen LogP contribution < -0.4 is 16.8 Å². The minimum atomic E-state index is -0.573. The molecule has 1 amide bonds. The molecule has 0 aliphatic heterocycles. The molecule has 0 radical (unpaired) electrons. The number of carbonyl (C=O) groups excluding carboxylic acids is 1. The summed E-state index contributed by atoms with van der Waals surface area (Å²) in [6, 6.07) is 3.25. The second-order valence-corrected chi connectivity index (χ2v) is 4.13. The van der Waals surface area contributed by atoms with Crippen LogP contribution in [0.4, 0.5) is 5.82 Å². The maximum atomic E-state index is 10.8. The summed E-state index contributed by atoms with van der Waals surface area (Å²) in [6.45, 7) is 0.576. The van der Waals surface area contributed by atoms with Crippen LogP contribution in [-0.2, 0) is 0 Å². The van der Waals surface area contributed by atoms with E-state index in [-0.39, 0.29) is 11.2 Å². The Hall–Kier alpha value is -1.69. The smallest absolute Gasteiger partial charge is 0.269 e. The van der Waals surface area contributed by atoms with E-state index in [1.165, 1.54) is 6.42 Å². The molecule has 0 aromatic carbocycles. The predicted octanol–water partition coefficient (Wildman–Crippen LogP) is -0.131. The minimum absolute atomic E-state index is 0.0388. The second-order valence-electron chi connectivity index (χ2n) is 4.13. The molecule has 0 saturated heterocycles. The van der Waals surface area contributed by atoms with E-state index in [1.807, 2.05) is 0 Å². The fraction of sp³-hybridized carbons (Fsp3) is 0.500. The average molecular weight is 221 g/mol. The lowest BCUT2D eigenvalue weighted by Gasteiger charge is -2.41. The Morgan fingerprint density at radius 3 is 2.56 bits per heavy atom. The SMILES string of the molecule is NCC1(Nc2ccc(C(N)=O)nn2)CCC1. The molecular weight excluding hydrogens is 206 g/mol. The van der Waals surface area contributed by atoms with E-state index in [0.29, 0.717) is 12.4 Å². The lowest BCUT2D eigenvalue weighted by Crippen LogP contribution is -2.51. The molecule has 0 spiro atoms. The number of amides is 1. The third kappa shape index (κ3) is 1.96. The van der Waals surface area contributed by atoms with Crippen LogP contribution in [0, 0.1) is 0 Å². The molecule has 5 N–H and O–H groups in total. The van der Waals surface area contributed by atoms with E-state index >= 15 is 0 Å². The molecule has 86 valence electrons. The van der Waals surface area contributed by atoms with Crippen LogP contribution in [0.1, 0.15) is 29.8 Å². The highest BCUT2D eigenvalue weighted by Crippen LogP contribution is 2.33. The molecule has 0 bridgehead atoms. The number of primary amides is 1. The molecule has 1 aliphatic rings. The van der Waals surface area contributed by atoms with E-state index in [4.69, 9.17) is 11.5 Å². The van der Waals surface area contributed by atoms with Crippen LogP contribution in [0.25, 0.3) is 0 Å². The van der Waals surface area contributed by atoms with Crippen molar-refractivity contribution < 1.29 is 4.79 Å². The van der Waals surface area contributed by atoms with Crippen molar-refractivity contribution in [2.75, 3.05) is 11.9 Å². The molecule has 2 rings (SSSR count). The monoisotopic (exact) mass is 221 g/mol. The zero-order chi connectivity index (χ0) is 11.6. The van der Waals surface area contributed by atoms with E-state index in [1.54, 1.807) is 12.1 Å². The first-order valence-electron chi connectivity index (χ1n) is 5.27. The summed E-state index contributed by atoms with van der Waals surface area (Å²) in [5.74, 6) is 0.0615. The molecular formula is C10H15N5O. The zero-order valence-electron chi connectivity index (χ0n) is 8.94. The van der Waals surface area contributed by atoms with E-state index in [2.05, 4.69) is 15.5 Å². The van der Waals surface area contributed by atoms with Gasteiger partial charge in [0.2, 0.25) is 0 Å². The van der Waals surface area contributed by atoms with Gasteiger partial charge in [-0.15, -0.1) is 10.2 Å². The van der Waals surface area contributed by atoms with Crippen LogP contribution in [0.5, 0.6) is 0 Å². The number of nitrogens with zero attached hydrogens (tertiary/aromatic N) is 2. The lowest BCUT2D eigenvalue weighted by atomic mass is 9.77. The Bertz CT molecular complexity index is 379. The maximum absolute atomic E-state index is 10.8. The van der Waals surface area contributed by atoms with Gasteiger partial charge in [0.05, 0.1) is 5.54 Å². The zero-order valence-corrected chi connectivity index (χ0v) is 8.94. The Balaban J connectivity index is 2.07. The third-order valence-electron chi connectivity index (χ3n) is 3.01. The number of nitrogens with one attached hydrogen (secondary N) is 1. The van der Waals surface area contributed by atoms with Gasteiger partial charge >= 0.3 is 0 Å². The van der Waals surface area contributed by atoms with Crippen molar-refractivity contribution in [1.82, 2.24) is 10.2 Å². The van der Waals surface area contributed by atoms with Crippen LogP contribution in [0.3, 0.4) is 0 Å². The summed E-state index contributed by atoms with van der Waals surface area (Å²) < 4.78 is 0. The summed E-state index contributed by atoms with van der Waals surface area (Å²) in [5, 5.41) is 10.9. The number of aromatic nitrogens is 2. The van der Waals surface area contributed by atoms with Crippen LogP contribution in [0.15, 0.2) is 12.1 Å². The van der Waals surface area contributed by atoms with Crippen LogP contribution in [-0.4, -0.2) is 28.2 Å². The van der Waals surface area contributed by atoms with Gasteiger partial charge in [-0.25, -0.2) is 0 Å². The van der Waals surface area contributed by atoms with Gasteiger partial charge in [-0.05, 0) is 31.4 Å². The van der Waals surface area contributed by atoms with Crippen molar-refractivity contribution in [1.29, 1.82) is 0 Å². The van der Waals surface area contributed by atoms with Crippen molar-refractivity contribution in [3.05, 3.63) is 17.8 Å². The highest BCUT2D eigenvalue weighted by Gasteiger charge is 2.35. The maximum Gasteiger partial charge on any atom is 0.269 e.